The number of carbonyl (C=O) groups excluding carboxylic acids is 5. The molecule has 660 valence electrons. The Labute approximate surface area is 720 Å². The predicted molar refractivity (Wildman–Crippen MR) is 468 cm³/mol. The van der Waals surface area contributed by atoms with E-state index in [1.54, 1.807) is 121 Å². The van der Waals surface area contributed by atoms with Crippen LogP contribution < -0.4 is 30.6 Å². The average molecular weight is 1790 g/mol. The quantitative estimate of drug-likeness (QED) is 0.0179. The van der Waals surface area contributed by atoms with Gasteiger partial charge < -0.3 is 88.7 Å². The van der Waals surface area contributed by atoms with Crippen LogP contribution in [0.1, 0.15) is 163 Å². The summed E-state index contributed by atoms with van der Waals surface area (Å²) >= 11 is 4.04. The van der Waals surface area contributed by atoms with Crippen LogP contribution in [0, 0.1) is 17.5 Å². The minimum absolute atomic E-state index is 0. The molecule has 3 aromatic heterocycles. The van der Waals surface area contributed by atoms with Crippen molar-refractivity contribution in [2.75, 3.05) is 104 Å². The van der Waals surface area contributed by atoms with Crippen LogP contribution in [-0.2, 0) is 61.2 Å². The number of aromatic hydroxyl groups is 3. The molecular weight excluding hydrogens is 1680 g/mol. The molecule has 0 bridgehead atoms. The summed E-state index contributed by atoms with van der Waals surface area (Å²) in [4.78, 5) is 96.1. The summed E-state index contributed by atoms with van der Waals surface area (Å²) in [5.74, 6) is -1.97. The molecule has 3 aliphatic heterocycles. The van der Waals surface area contributed by atoms with Gasteiger partial charge in [-0.1, -0.05) is 57.7 Å². The van der Waals surface area contributed by atoms with Gasteiger partial charge >= 0.3 is 21.2 Å². The van der Waals surface area contributed by atoms with Gasteiger partial charge in [-0.2, -0.15) is 0 Å². The van der Waals surface area contributed by atoms with Gasteiger partial charge in [-0.15, -0.1) is 35.3 Å². The molecule has 8 N–H and O–H groups in total. The maximum Gasteiger partial charge on any atom is 0.349 e. The van der Waals surface area contributed by atoms with Crippen LogP contribution in [0.5, 0.6) is 34.5 Å². The van der Waals surface area contributed by atoms with E-state index in [4.69, 9.17) is 43.1 Å². The number of halogens is 3. The lowest BCUT2D eigenvalue weighted by Crippen LogP contribution is -2.31. The molecule has 3 aliphatic rings. The molecule has 12 rings (SSSR count). The van der Waals surface area contributed by atoms with Crippen molar-refractivity contribution in [3.8, 4) is 34.5 Å². The lowest BCUT2D eigenvalue weighted by atomic mass is 10.0. The molecule has 0 aliphatic carbocycles. The topological polar surface area (TPSA) is 384 Å². The number of hydrogen-bond donors (Lipinski definition) is 7. The van der Waals surface area contributed by atoms with E-state index in [0.717, 1.165) is 18.7 Å². The first kappa shape index (κ1) is 99.3. The lowest BCUT2D eigenvalue weighted by Gasteiger charge is -2.26. The van der Waals surface area contributed by atoms with E-state index >= 15 is 0 Å². The van der Waals surface area contributed by atoms with E-state index in [1.807, 2.05) is 13.8 Å². The Hall–Kier alpha value is -9.77. The monoisotopic (exact) mass is 1790 g/mol. The van der Waals surface area contributed by atoms with Crippen molar-refractivity contribution < 1.29 is 104 Å². The Morgan fingerprint density at radius 2 is 0.803 bits per heavy atom. The number of benzene rings is 6. The minimum atomic E-state index is -3.44. The highest BCUT2D eigenvalue weighted by Crippen LogP contribution is 2.57. The van der Waals surface area contributed by atoms with E-state index in [2.05, 4.69) is 39.4 Å². The molecule has 0 fully saturated rings. The molecule has 3 unspecified atom stereocenters. The standard InChI is InChI=1S/C27H31FN3O7PS.C26H28FN3O4S.C22H19FN2O5S.C5H14NO3P.C4H11N.CH4/c1-4-37-39(35,38-5-2)16-30-20(32)12-14-40-27-22-21(24(33)23-19(25(22)36-3)7-6-13-29-23)26(34)31(27)15-17-8-10-18(28)11-9-17;1-4-29(5-2)19(31)12-14-35-26-21-20(23(32)22-18(24(21)34-3)7-6-13-28-22)25(33)30(26)15-16-8-10-17(27)11-9-16;1-30-20-14-3-2-9-24-18(14)19(28)16-17(20)22(31-10-8-15(26)27)25(21(16)29)11-12-4-6-13(23)7-5-12;1-3-8-10(7,5-6)9-4-2;1-3-5-4-2;/h6-11,13,27,33H,4-5,12,14-16H2,1-3H3,(H,30,32);6-11,13,26,32H,4-5,12,14-15H2,1-3H3;2-7,9,22,28H,8,10-11H2,1H3,(H,26,27);3-6H2,1-2H3;5H,3-4H2,1-2H3;1H4. The van der Waals surface area contributed by atoms with Crippen molar-refractivity contribution in [1.82, 2.24) is 45.2 Å². The van der Waals surface area contributed by atoms with Crippen molar-refractivity contribution in [2.45, 2.75) is 118 Å². The summed E-state index contributed by atoms with van der Waals surface area (Å²) in [7, 11) is -1.88. The number of carboxylic acid groups (broad SMARTS) is 1. The van der Waals surface area contributed by atoms with Gasteiger partial charge in [0, 0.05) is 114 Å². The summed E-state index contributed by atoms with van der Waals surface area (Å²) in [5.41, 5.74) is 9.97. The van der Waals surface area contributed by atoms with E-state index in [0.29, 0.717) is 105 Å². The number of phenolic OH excluding ortho intramolecular Hbond substituents is 3. The summed E-state index contributed by atoms with van der Waals surface area (Å²) in [6.07, 6.45) is 4.58. The number of rotatable bonds is 36. The molecule has 0 saturated carbocycles. The van der Waals surface area contributed by atoms with Crippen LogP contribution in [0.25, 0.3) is 32.7 Å². The second kappa shape index (κ2) is 47.8. The first-order valence-electron chi connectivity index (χ1n) is 39.1. The zero-order valence-electron chi connectivity index (χ0n) is 69.2. The number of fused-ring (bicyclic) bond motifs is 6. The van der Waals surface area contributed by atoms with Crippen molar-refractivity contribution >= 4 is 119 Å². The maximum atomic E-state index is 13.7. The van der Waals surface area contributed by atoms with Crippen molar-refractivity contribution in [3.05, 3.63) is 195 Å². The summed E-state index contributed by atoms with van der Waals surface area (Å²) in [6, 6.07) is 28.0. The Kier molecular flexibility index (Phi) is 38.9. The van der Waals surface area contributed by atoms with Crippen LogP contribution in [0.2, 0.25) is 0 Å². The van der Waals surface area contributed by atoms with Crippen LogP contribution in [0.15, 0.2) is 128 Å². The molecule has 6 heterocycles. The highest BCUT2D eigenvalue weighted by molar-refractivity contribution is 8.00. The molecule has 6 aromatic carbocycles. The van der Waals surface area contributed by atoms with Gasteiger partial charge in [0.2, 0.25) is 11.8 Å². The number of nitrogens with one attached hydrogen (secondary N) is 2. The maximum absolute atomic E-state index is 13.7. The molecule has 29 nitrogen and oxygen atoms in total. The van der Waals surface area contributed by atoms with Gasteiger partial charge in [0.25, 0.3) is 17.7 Å². The molecule has 0 spiro atoms. The number of phenols is 3. The van der Waals surface area contributed by atoms with Gasteiger partial charge in [-0.25, -0.2) is 13.2 Å². The zero-order valence-corrected chi connectivity index (χ0v) is 73.4. The molecule has 37 heteroatoms. The average Bonchev–Trinajstić information content (AvgIpc) is 1.58. The SMILES string of the molecule is C.CCN(CC)C(=O)CCSC1c2c(c(O)c3ncccc3c2OC)C(=O)N1Cc1ccc(F)cc1.CCNCC.CCOP(=O)(CN)OCC.CCOP(=O)(CNC(=O)CCSC1c2c(c(O)c3ncccc3c2OC)C(=O)N1Cc1ccc(F)cc1)OCC.COc1c2c(c(O)c3ncccc13)C(=O)N(Cc1ccc(F)cc1)C2SCCC(=O)O. The number of pyridine rings is 3. The first-order valence-corrected chi connectivity index (χ1v) is 45.7. The van der Waals surface area contributed by atoms with Gasteiger partial charge in [0.15, 0.2) is 17.2 Å². The van der Waals surface area contributed by atoms with E-state index in [1.165, 1.54) is 110 Å². The van der Waals surface area contributed by atoms with Crippen LogP contribution in [0.4, 0.5) is 13.2 Å². The largest absolute Gasteiger partial charge is 0.505 e. The minimum Gasteiger partial charge on any atom is -0.505 e. The summed E-state index contributed by atoms with van der Waals surface area (Å²) < 4.78 is 101. The lowest BCUT2D eigenvalue weighted by molar-refractivity contribution is -0.136. The molecule has 5 amide bonds. The fourth-order valence-electron chi connectivity index (χ4n) is 13.5. The molecule has 122 heavy (non-hydrogen) atoms. The Morgan fingerprint density at radius 1 is 0.492 bits per heavy atom. The third-order valence-electron chi connectivity index (χ3n) is 18.9. The number of nitrogens with zero attached hydrogens (tertiary/aromatic N) is 7. The number of amides is 5. The van der Waals surface area contributed by atoms with Gasteiger partial charge in [0.1, 0.15) is 73.7 Å². The van der Waals surface area contributed by atoms with Gasteiger partial charge in [-0.3, -0.25) is 52.8 Å². The fraction of sp³-hybridized carbons (Fsp3) is 0.400. The van der Waals surface area contributed by atoms with E-state index in [-0.39, 0.29) is 152 Å². The number of aliphatic carboxylic acids is 1. The first-order chi connectivity index (χ1) is 58.1. The molecule has 0 saturated heterocycles. The van der Waals surface area contributed by atoms with Crippen LogP contribution in [0.3, 0.4) is 0 Å². The van der Waals surface area contributed by atoms with Crippen molar-refractivity contribution in [2.24, 2.45) is 5.73 Å². The number of carbonyl (C=O) groups is 6. The molecular formula is C85H107F3N10O19P2S3. The smallest absolute Gasteiger partial charge is 0.349 e. The predicted octanol–water partition coefficient (Wildman–Crippen LogP) is 16.3. The van der Waals surface area contributed by atoms with E-state index < -0.39 is 54.9 Å². The fourth-order valence-corrected chi connectivity index (χ4v) is 19.8. The normalized spacial score (nSPS) is 14.4. The van der Waals surface area contributed by atoms with E-state index in [9.17, 15) is 66.4 Å². The second-order valence-electron chi connectivity index (χ2n) is 26.6. The van der Waals surface area contributed by atoms with Crippen LogP contribution >= 0.6 is 50.5 Å². The number of thioether (sulfide) groups is 3. The highest BCUT2D eigenvalue weighted by atomic mass is 32.2. The molecule has 9 aromatic rings. The molecule has 3 atom stereocenters. The number of ether oxygens (including phenoxy) is 3. The van der Waals surface area contributed by atoms with Crippen molar-refractivity contribution in [3.63, 3.8) is 0 Å². The third-order valence-corrected chi connectivity index (χ3v) is 26.2. The van der Waals surface area contributed by atoms with Gasteiger partial charge in [-0.05, 0) is 144 Å². The number of carboxylic acids is 1. The highest BCUT2D eigenvalue weighted by Gasteiger charge is 2.47. The molecule has 0 radical (unpaired) electrons. The number of hydrogen-bond acceptors (Lipinski definition) is 26. The number of aromatic nitrogens is 3. The van der Waals surface area contributed by atoms with Gasteiger partial charge in [0.05, 0.1) is 77.2 Å². The van der Waals surface area contributed by atoms with Crippen LogP contribution in [-0.4, -0.2) is 194 Å². The zero-order chi connectivity index (χ0) is 88.3. The Morgan fingerprint density at radius 3 is 1.08 bits per heavy atom. The van der Waals surface area contributed by atoms with Crippen molar-refractivity contribution in [1.29, 1.82) is 0 Å². The number of methoxy groups -OCH3 is 3. The Balaban J connectivity index is 0.000000232. The summed E-state index contributed by atoms with van der Waals surface area (Å²) in [6.45, 7) is 20.0. The second-order valence-corrected chi connectivity index (χ2v) is 34.3. The third kappa shape index (κ3) is 24.4. The number of nitrogens with two attached hydrogens (primary N) is 1. The summed E-state index contributed by atoms with van der Waals surface area (Å²) in [5, 5.41) is 47.8. The Bertz CT molecular complexity index is 5150.